The Hall–Kier alpha value is -3.49. The molecule has 172 valence electrons. The minimum atomic E-state index is 0.00711. The van der Waals surface area contributed by atoms with Crippen LogP contribution in [-0.2, 0) is 4.79 Å². The molecule has 1 unspecified atom stereocenters. The minimum Gasteiger partial charge on any atom is -0.361 e. The van der Waals surface area contributed by atoms with Gasteiger partial charge in [0.05, 0.1) is 5.52 Å². The second kappa shape index (κ2) is 8.70. The van der Waals surface area contributed by atoms with Crippen molar-refractivity contribution < 1.29 is 9.59 Å². The minimum absolute atomic E-state index is 0.00711. The number of nitrogens with zero attached hydrogens (tertiary/aromatic N) is 4. The van der Waals surface area contributed by atoms with Crippen LogP contribution in [0.5, 0.6) is 0 Å². The monoisotopic (exact) mass is 471 g/mol. The number of fused-ring (bicyclic) bond motifs is 1. The number of amides is 2. The van der Waals surface area contributed by atoms with Crippen molar-refractivity contribution in [2.45, 2.75) is 12.5 Å². The summed E-state index contributed by atoms with van der Waals surface area (Å²) in [6.07, 6.45) is 4.13. The highest BCUT2D eigenvalue weighted by Crippen LogP contribution is 2.32. The molecule has 2 aliphatic heterocycles. The van der Waals surface area contributed by atoms with Gasteiger partial charge in [-0.3, -0.25) is 14.5 Å². The van der Waals surface area contributed by atoms with Crippen LogP contribution in [0.4, 0.5) is 5.69 Å². The fraction of sp³-hybridized carbons (Fsp3) is 0.269. The Morgan fingerprint density at radius 2 is 1.91 bits per heavy atom. The van der Waals surface area contributed by atoms with E-state index in [0.29, 0.717) is 31.1 Å². The fourth-order valence-corrected chi connectivity index (χ4v) is 5.71. The van der Waals surface area contributed by atoms with Gasteiger partial charge in [-0.2, -0.15) is 0 Å². The van der Waals surface area contributed by atoms with Crippen molar-refractivity contribution >= 4 is 39.7 Å². The number of piperazine rings is 1. The van der Waals surface area contributed by atoms with Crippen LogP contribution in [0.3, 0.4) is 0 Å². The standard InChI is InChI=1S/C26H25N5O2S/c32-23-16-21(29-10-12-30(13-11-29)26(33)25-28-9-14-34-25)17-31(23)20-5-1-4-19(15-20)22-6-2-3-18-7-8-27-24(18)22/h1-9,14-15,21,27H,10-13,16-17H2. The van der Waals surface area contributed by atoms with Crippen molar-refractivity contribution in [3.63, 3.8) is 0 Å². The summed E-state index contributed by atoms with van der Waals surface area (Å²) in [7, 11) is 0. The third kappa shape index (κ3) is 3.78. The van der Waals surface area contributed by atoms with Crippen LogP contribution in [0.15, 0.2) is 66.3 Å². The summed E-state index contributed by atoms with van der Waals surface area (Å²) in [6, 6.07) is 16.8. The van der Waals surface area contributed by atoms with Gasteiger partial charge in [-0.15, -0.1) is 11.3 Å². The molecule has 0 radical (unpaired) electrons. The number of hydrogen-bond donors (Lipinski definition) is 1. The van der Waals surface area contributed by atoms with Gasteiger partial charge < -0.3 is 14.8 Å². The van der Waals surface area contributed by atoms with Crippen molar-refractivity contribution in [3.8, 4) is 11.1 Å². The molecule has 0 spiro atoms. The maximum atomic E-state index is 13.0. The number of nitrogens with one attached hydrogen (secondary N) is 1. The van der Waals surface area contributed by atoms with Gasteiger partial charge >= 0.3 is 0 Å². The predicted octanol–water partition coefficient (Wildman–Crippen LogP) is 3.85. The Kier molecular flexibility index (Phi) is 5.39. The Balaban J connectivity index is 1.15. The first-order chi connectivity index (χ1) is 16.7. The van der Waals surface area contributed by atoms with Crippen molar-refractivity contribution in [2.75, 3.05) is 37.6 Å². The third-order valence-electron chi connectivity index (χ3n) is 6.89. The second-order valence-electron chi connectivity index (χ2n) is 8.83. The lowest BCUT2D eigenvalue weighted by Crippen LogP contribution is -2.52. The summed E-state index contributed by atoms with van der Waals surface area (Å²) in [6.45, 7) is 3.56. The molecule has 6 rings (SSSR count). The smallest absolute Gasteiger partial charge is 0.282 e. The van der Waals surface area contributed by atoms with Gasteiger partial charge in [-0.25, -0.2) is 4.98 Å². The maximum absolute atomic E-state index is 13.0. The van der Waals surface area contributed by atoms with Crippen LogP contribution in [0.2, 0.25) is 0 Å². The topological polar surface area (TPSA) is 72.5 Å². The van der Waals surface area contributed by atoms with Gasteiger partial charge in [0.25, 0.3) is 5.91 Å². The molecule has 4 heterocycles. The molecule has 34 heavy (non-hydrogen) atoms. The molecule has 2 aromatic heterocycles. The number of aromatic amines is 1. The van der Waals surface area contributed by atoms with E-state index in [1.54, 1.807) is 6.20 Å². The van der Waals surface area contributed by atoms with Crippen LogP contribution in [0.1, 0.15) is 16.2 Å². The van der Waals surface area contributed by atoms with E-state index in [2.05, 4.69) is 51.3 Å². The number of aromatic nitrogens is 2. The Morgan fingerprint density at radius 1 is 1.06 bits per heavy atom. The first-order valence-corrected chi connectivity index (χ1v) is 12.4. The zero-order valence-corrected chi connectivity index (χ0v) is 19.5. The van der Waals surface area contributed by atoms with Crippen molar-refractivity contribution in [3.05, 3.63) is 71.3 Å². The van der Waals surface area contributed by atoms with Gasteiger partial charge in [-0.05, 0) is 29.1 Å². The largest absolute Gasteiger partial charge is 0.361 e. The van der Waals surface area contributed by atoms with Gasteiger partial charge in [0.1, 0.15) is 0 Å². The first kappa shape index (κ1) is 21.1. The van der Waals surface area contributed by atoms with Gasteiger partial charge in [0.2, 0.25) is 5.91 Å². The van der Waals surface area contributed by atoms with Crippen molar-refractivity contribution in [1.82, 2.24) is 19.8 Å². The highest BCUT2D eigenvalue weighted by molar-refractivity contribution is 7.11. The number of H-pyrrole nitrogens is 1. The lowest BCUT2D eigenvalue weighted by Gasteiger charge is -2.37. The number of anilines is 1. The van der Waals surface area contributed by atoms with E-state index in [1.165, 1.54) is 16.7 Å². The van der Waals surface area contributed by atoms with Crippen LogP contribution in [0.25, 0.3) is 22.0 Å². The lowest BCUT2D eigenvalue weighted by molar-refractivity contribution is -0.117. The molecular formula is C26H25N5O2S. The lowest BCUT2D eigenvalue weighted by atomic mass is 10.0. The molecule has 0 aliphatic carbocycles. The Morgan fingerprint density at radius 3 is 2.74 bits per heavy atom. The molecular weight excluding hydrogens is 446 g/mol. The average Bonchev–Trinajstić information content (AvgIpc) is 3.64. The quantitative estimate of drug-likeness (QED) is 0.491. The second-order valence-corrected chi connectivity index (χ2v) is 9.72. The molecule has 7 nitrogen and oxygen atoms in total. The molecule has 0 saturated carbocycles. The van der Waals surface area contributed by atoms with E-state index < -0.39 is 0 Å². The summed E-state index contributed by atoms with van der Waals surface area (Å²) in [4.78, 5) is 39.2. The van der Waals surface area contributed by atoms with E-state index in [4.69, 9.17) is 0 Å². The molecule has 2 saturated heterocycles. The van der Waals surface area contributed by atoms with Gasteiger partial charge in [0, 0.05) is 74.2 Å². The first-order valence-electron chi connectivity index (χ1n) is 11.6. The summed E-state index contributed by atoms with van der Waals surface area (Å²) in [5.74, 6) is 0.161. The Bertz CT molecular complexity index is 1340. The highest BCUT2D eigenvalue weighted by Gasteiger charge is 2.36. The average molecular weight is 472 g/mol. The summed E-state index contributed by atoms with van der Waals surface area (Å²) in [5.41, 5.74) is 4.27. The van der Waals surface area contributed by atoms with E-state index in [-0.39, 0.29) is 17.9 Å². The summed E-state index contributed by atoms with van der Waals surface area (Å²) < 4.78 is 0. The summed E-state index contributed by atoms with van der Waals surface area (Å²) in [5, 5.41) is 3.55. The predicted molar refractivity (Wildman–Crippen MR) is 134 cm³/mol. The fourth-order valence-electron chi connectivity index (χ4n) is 5.10. The molecule has 2 aromatic carbocycles. The van der Waals surface area contributed by atoms with Crippen LogP contribution < -0.4 is 4.90 Å². The zero-order valence-electron chi connectivity index (χ0n) is 18.7. The SMILES string of the molecule is O=C(c1nccs1)N1CCN(C2CC(=O)N(c3cccc(-c4cccc5cc[nH]c45)c3)C2)CC1. The molecule has 2 aliphatic rings. The third-order valence-corrected chi connectivity index (χ3v) is 7.65. The van der Waals surface area contributed by atoms with Crippen LogP contribution in [-0.4, -0.2) is 70.3 Å². The number of thiazole rings is 1. The van der Waals surface area contributed by atoms with Crippen LogP contribution in [0, 0.1) is 0 Å². The molecule has 1 N–H and O–H groups in total. The molecule has 8 heteroatoms. The van der Waals surface area contributed by atoms with E-state index >= 15 is 0 Å². The normalized spacial score (nSPS) is 19.3. The Labute approximate surface area is 201 Å². The van der Waals surface area contributed by atoms with Gasteiger partial charge in [-0.1, -0.05) is 30.3 Å². The number of para-hydroxylation sites is 1. The number of rotatable bonds is 4. The molecule has 2 fully saturated rings. The van der Waals surface area contributed by atoms with Gasteiger partial charge in [0.15, 0.2) is 5.01 Å². The summed E-state index contributed by atoms with van der Waals surface area (Å²) >= 11 is 1.38. The van der Waals surface area contributed by atoms with Crippen LogP contribution >= 0.6 is 11.3 Å². The maximum Gasteiger partial charge on any atom is 0.282 e. The highest BCUT2D eigenvalue weighted by atomic mass is 32.1. The van der Waals surface area contributed by atoms with E-state index in [9.17, 15) is 9.59 Å². The van der Waals surface area contributed by atoms with E-state index in [0.717, 1.165) is 35.4 Å². The van der Waals surface area contributed by atoms with Crippen molar-refractivity contribution in [1.29, 1.82) is 0 Å². The number of benzene rings is 2. The molecule has 2 amide bonds. The number of hydrogen-bond acceptors (Lipinski definition) is 5. The van der Waals surface area contributed by atoms with E-state index in [1.807, 2.05) is 33.5 Å². The zero-order chi connectivity index (χ0) is 23.1. The molecule has 4 aromatic rings. The molecule has 0 bridgehead atoms. The molecule has 1 atom stereocenters. The number of carbonyl (C=O) groups excluding carboxylic acids is 2. The van der Waals surface area contributed by atoms with Crippen molar-refractivity contribution in [2.24, 2.45) is 0 Å². The number of carbonyl (C=O) groups is 2.